The van der Waals surface area contributed by atoms with Crippen LogP contribution >= 0.6 is 0 Å². The van der Waals surface area contributed by atoms with Crippen molar-refractivity contribution in [1.82, 2.24) is 10.2 Å². The van der Waals surface area contributed by atoms with Gasteiger partial charge in [-0.25, -0.2) is 0 Å². The maximum absolute atomic E-state index is 5.54. The van der Waals surface area contributed by atoms with Crippen molar-refractivity contribution in [2.45, 2.75) is 33.1 Å². The van der Waals surface area contributed by atoms with Gasteiger partial charge in [-0.1, -0.05) is 19.4 Å². The summed E-state index contributed by atoms with van der Waals surface area (Å²) in [5.74, 6) is 2.94. The van der Waals surface area contributed by atoms with Crippen LogP contribution in [-0.2, 0) is 6.42 Å². The predicted molar refractivity (Wildman–Crippen MR) is 103 cm³/mol. The van der Waals surface area contributed by atoms with Crippen LogP contribution in [0, 0.1) is 0 Å². The summed E-state index contributed by atoms with van der Waals surface area (Å²) < 4.78 is 16.3. The number of methoxy groups -OCH3 is 3. The fraction of sp³-hybridized carbons (Fsp3) is 0.632. The number of ether oxygens (including phenoxy) is 3. The predicted octanol–water partition coefficient (Wildman–Crippen LogP) is 2.95. The number of guanidine groups is 1. The van der Waals surface area contributed by atoms with Gasteiger partial charge in [0.2, 0.25) is 5.75 Å². The summed E-state index contributed by atoms with van der Waals surface area (Å²) in [5, 5.41) is 3.35. The van der Waals surface area contributed by atoms with Crippen LogP contribution in [0.25, 0.3) is 0 Å². The summed E-state index contributed by atoms with van der Waals surface area (Å²) in [6.07, 6.45) is 3.09. The summed E-state index contributed by atoms with van der Waals surface area (Å²) in [6, 6.07) is 3.91. The second kappa shape index (κ2) is 11.4. The molecule has 1 N–H and O–H groups in total. The first kappa shape index (κ1) is 20.9. The second-order valence-electron chi connectivity index (χ2n) is 5.75. The molecular weight excluding hydrogens is 318 g/mol. The van der Waals surface area contributed by atoms with Gasteiger partial charge >= 0.3 is 0 Å². The molecule has 0 amide bonds. The SMILES string of the molecule is CCCCN(C)C(=NCCc1ccc(OC)c(OC)c1OC)NCC. The lowest BCUT2D eigenvalue weighted by atomic mass is 10.1. The van der Waals surface area contributed by atoms with Crippen LogP contribution in [0.1, 0.15) is 32.3 Å². The Morgan fingerprint density at radius 3 is 2.36 bits per heavy atom. The van der Waals surface area contributed by atoms with E-state index in [1.54, 1.807) is 21.3 Å². The zero-order valence-electron chi connectivity index (χ0n) is 16.5. The number of hydrogen-bond donors (Lipinski definition) is 1. The molecule has 0 aliphatic heterocycles. The molecule has 142 valence electrons. The van der Waals surface area contributed by atoms with E-state index in [2.05, 4.69) is 31.1 Å². The third-order valence-electron chi connectivity index (χ3n) is 3.97. The van der Waals surface area contributed by atoms with Gasteiger partial charge in [0, 0.05) is 32.2 Å². The first-order chi connectivity index (χ1) is 12.1. The van der Waals surface area contributed by atoms with Crippen molar-refractivity contribution in [3.8, 4) is 17.2 Å². The third kappa shape index (κ3) is 6.03. The Morgan fingerprint density at radius 1 is 1.08 bits per heavy atom. The molecule has 6 heteroatoms. The fourth-order valence-corrected chi connectivity index (χ4v) is 2.61. The van der Waals surface area contributed by atoms with Gasteiger partial charge < -0.3 is 24.4 Å². The maximum Gasteiger partial charge on any atom is 0.203 e. The minimum Gasteiger partial charge on any atom is -0.493 e. The molecule has 0 atom stereocenters. The van der Waals surface area contributed by atoms with Crippen LogP contribution in [0.4, 0.5) is 0 Å². The van der Waals surface area contributed by atoms with Crippen molar-refractivity contribution in [1.29, 1.82) is 0 Å². The van der Waals surface area contributed by atoms with E-state index < -0.39 is 0 Å². The molecule has 0 fully saturated rings. The number of hydrogen-bond acceptors (Lipinski definition) is 4. The van der Waals surface area contributed by atoms with E-state index in [1.165, 1.54) is 6.42 Å². The van der Waals surface area contributed by atoms with Crippen LogP contribution in [-0.4, -0.2) is 58.9 Å². The Morgan fingerprint density at radius 2 is 1.80 bits per heavy atom. The molecule has 0 bridgehead atoms. The quantitative estimate of drug-likeness (QED) is 0.519. The van der Waals surface area contributed by atoms with Gasteiger partial charge in [-0.3, -0.25) is 4.99 Å². The smallest absolute Gasteiger partial charge is 0.203 e. The van der Waals surface area contributed by atoms with Crippen LogP contribution in [0.2, 0.25) is 0 Å². The molecule has 6 nitrogen and oxygen atoms in total. The molecule has 25 heavy (non-hydrogen) atoms. The van der Waals surface area contributed by atoms with Crippen molar-refractivity contribution in [2.24, 2.45) is 4.99 Å². The molecule has 0 aromatic heterocycles. The van der Waals surface area contributed by atoms with E-state index in [4.69, 9.17) is 19.2 Å². The largest absolute Gasteiger partial charge is 0.493 e. The monoisotopic (exact) mass is 351 g/mol. The van der Waals surface area contributed by atoms with Crippen LogP contribution in [0.5, 0.6) is 17.2 Å². The Bertz CT molecular complexity index is 547. The number of rotatable bonds is 10. The van der Waals surface area contributed by atoms with Crippen LogP contribution < -0.4 is 19.5 Å². The standard InChI is InChI=1S/C19H33N3O3/c1-7-9-14-22(3)19(20-8-2)21-13-12-15-10-11-16(23-4)18(25-6)17(15)24-5/h10-11H,7-9,12-14H2,1-6H3,(H,20,21). The van der Waals surface area contributed by atoms with Gasteiger partial charge in [-0.2, -0.15) is 0 Å². The average molecular weight is 351 g/mol. The van der Waals surface area contributed by atoms with E-state index in [0.717, 1.165) is 37.5 Å². The number of aliphatic imine (C=N–C) groups is 1. The van der Waals surface area contributed by atoms with Crippen LogP contribution in [0.3, 0.4) is 0 Å². The van der Waals surface area contributed by atoms with Crippen molar-refractivity contribution in [2.75, 3.05) is 48.0 Å². The first-order valence-electron chi connectivity index (χ1n) is 8.90. The summed E-state index contributed by atoms with van der Waals surface area (Å²) >= 11 is 0. The van der Waals surface area contributed by atoms with Crippen molar-refractivity contribution >= 4 is 5.96 Å². The molecule has 0 radical (unpaired) electrons. The van der Waals surface area contributed by atoms with Gasteiger partial charge in [0.25, 0.3) is 0 Å². The molecule has 1 aromatic carbocycles. The Hall–Kier alpha value is -2.11. The molecule has 0 aliphatic carbocycles. The number of unbranched alkanes of at least 4 members (excludes halogenated alkanes) is 1. The zero-order chi connectivity index (χ0) is 18.7. The summed E-state index contributed by atoms with van der Waals surface area (Å²) in [7, 11) is 6.96. The van der Waals surface area contributed by atoms with Gasteiger partial charge in [0.15, 0.2) is 17.5 Å². The molecule has 0 saturated heterocycles. The van der Waals surface area contributed by atoms with Gasteiger partial charge in [0.05, 0.1) is 21.3 Å². The lowest BCUT2D eigenvalue weighted by Gasteiger charge is -2.22. The minimum atomic E-state index is 0.624. The molecule has 0 unspecified atom stereocenters. The highest BCUT2D eigenvalue weighted by Crippen LogP contribution is 2.39. The zero-order valence-corrected chi connectivity index (χ0v) is 16.5. The van der Waals surface area contributed by atoms with E-state index in [9.17, 15) is 0 Å². The topological polar surface area (TPSA) is 55.3 Å². The first-order valence-corrected chi connectivity index (χ1v) is 8.90. The highest BCUT2D eigenvalue weighted by Gasteiger charge is 2.15. The lowest BCUT2D eigenvalue weighted by Crippen LogP contribution is -2.39. The van der Waals surface area contributed by atoms with E-state index in [0.29, 0.717) is 23.8 Å². The maximum atomic E-state index is 5.54. The molecule has 0 heterocycles. The Labute approximate surface area is 152 Å². The van der Waals surface area contributed by atoms with Crippen molar-refractivity contribution in [3.63, 3.8) is 0 Å². The Kier molecular flexibility index (Phi) is 9.58. The second-order valence-corrected chi connectivity index (χ2v) is 5.75. The van der Waals surface area contributed by atoms with Crippen molar-refractivity contribution < 1.29 is 14.2 Å². The molecule has 1 rings (SSSR count). The van der Waals surface area contributed by atoms with E-state index in [-0.39, 0.29) is 0 Å². The van der Waals surface area contributed by atoms with Gasteiger partial charge in [-0.05, 0) is 25.8 Å². The lowest BCUT2D eigenvalue weighted by molar-refractivity contribution is 0.322. The molecule has 0 aliphatic rings. The Balaban J connectivity index is 2.87. The van der Waals surface area contributed by atoms with E-state index in [1.807, 2.05) is 12.1 Å². The molecule has 0 spiro atoms. The van der Waals surface area contributed by atoms with E-state index >= 15 is 0 Å². The number of nitrogens with zero attached hydrogens (tertiary/aromatic N) is 2. The van der Waals surface area contributed by atoms with Gasteiger partial charge in [-0.15, -0.1) is 0 Å². The number of nitrogens with one attached hydrogen (secondary N) is 1. The fourth-order valence-electron chi connectivity index (χ4n) is 2.61. The average Bonchev–Trinajstić information content (AvgIpc) is 2.64. The normalized spacial score (nSPS) is 11.2. The molecular formula is C19H33N3O3. The summed E-state index contributed by atoms with van der Waals surface area (Å²) in [5.41, 5.74) is 1.05. The molecule has 1 aromatic rings. The third-order valence-corrected chi connectivity index (χ3v) is 3.97. The highest BCUT2D eigenvalue weighted by molar-refractivity contribution is 5.79. The summed E-state index contributed by atoms with van der Waals surface area (Å²) in [6.45, 7) is 6.81. The highest BCUT2D eigenvalue weighted by atomic mass is 16.5. The molecule has 0 saturated carbocycles. The summed E-state index contributed by atoms with van der Waals surface area (Å²) in [4.78, 5) is 6.92. The van der Waals surface area contributed by atoms with Crippen molar-refractivity contribution in [3.05, 3.63) is 17.7 Å². The number of benzene rings is 1. The van der Waals surface area contributed by atoms with Gasteiger partial charge in [0.1, 0.15) is 0 Å². The van der Waals surface area contributed by atoms with Crippen LogP contribution in [0.15, 0.2) is 17.1 Å². The minimum absolute atomic E-state index is 0.624.